The van der Waals surface area contributed by atoms with Gasteiger partial charge >= 0.3 is 0 Å². The molecule has 1 amide bonds. The topological polar surface area (TPSA) is 67.3 Å². The van der Waals surface area contributed by atoms with Crippen molar-refractivity contribution in [2.45, 2.75) is 33.1 Å². The highest BCUT2D eigenvalue weighted by Crippen LogP contribution is 2.23. The molecule has 1 atom stereocenters. The van der Waals surface area contributed by atoms with Gasteiger partial charge in [0.25, 0.3) is 0 Å². The van der Waals surface area contributed by atoms with Gasteiger partial charge in [0.2, 0.25) is 11.9 Å². The van der Waals surface area contributed by atoms with Gasteiger partial charge in [-0.25, -0.2) is 9.97 Å². The first-order valence-corrected chi connectivity index (χ1v) is 10.2. The summed E-state index contributed by atoms with van der Waals surface area (Å²) < 4.78 is 5.31. The number of carbonyl (C=O) groups excluding carboxylic acids is 1. The van der Waals surface area contributed by atoms with E-state index in [1.165, 1.54) is 5.56 Å². The standard InChI is InChI=1S/C22H30N4O2/c1-3-28-13-5-11-23-21(27)19-6-4-12-26(16-19)22-24-14-20(15-25-22)18-9-7-17(2)8-10-18/h7-10,14-15,19H,3-6,11-13,16H2,1-2H3,(H,23,27). The molecular weight excluding hydrogens is 352 g/mol. The number of rotatable bonds is 8. The van der Waals surface area contributed by atoms with Crippen molar-refractivity contribution in [1.82, 2.24) is 15.3 Å². The first kappa shape index (κ1) is 20.3. The molecular formula is C22H30N4O2. The molecule has 0 bridgehead atoms. The van der Waals surface area contributed by atoms with Crippen molar-refractivity contribution < 1.29 is 9.53 Å². The van der Waals surface area contributed by atoms with Gasteiger partial charge in [0.05, 0.1) is 5.92 Å². The predicted octanol–water partition coefficient (Wildman–Crippen LogP) is 3.21. The van der Waals surface area contributed by atoms with Crippen LogP contribution in [-0.2, 0) is 9.53 Å². The molecule has 2 heterocycles. The number of carbonyl (C=O) groups is 1. The Bertz CT molecular complexity index is 746. The van der Waals surface area contributed by atoms with Crippen molar-refractivity contribution in [2.75, 3.05) is 37.7 Å². The van der Waals surface area contributed by atoms with E-state index in [2.05, 4.69) is 51.4 Å². The third-order valence-electron chi connectivity index (χ3n) is 5.07. The van der Waals surface area contributed by atoms with Gasteiger partial charge in [-0.1, -0.05) is 29.8 Å². The predicted molar refractivity (Wildman–Crippen MR) is 111 cm³/mol. The SMILES string of the molecule is CCOCCCNC(=O)C1CCCN(c2ncc(-c3ccc(C)cc3)cn2)C1. The Hall–Kier alpha value is -2.47. The Balaban J connectivity index is 1.55. The second-order valence-corrected chi connectivity index (χ2v) is 7.26. The zero-order valence-electron chi connectivity index (χ0n) is 16.9. The fourth-order valence-electron chi connectivity index (χ4n) is 3.43. The molecule has 6 nitrogen and oxygen atoms in total. The van der Waals surface area contributed by atoms with Gasteiger partial charge in [0, 0.05) is 50.8 Å². The summed E-state index contributed by atoms with van der Waals surface area (Å²) in [5, 5.41) is 3.03. The van der Waals surface area contributed by atoms with Crippen LogP contribution >= 0.6 is 0 Å². The Labute approximate surface area is 167 Å². The van der Waals surface area contributed by atoms with E-state index in [4.69, 9.17) is 4.74 Å². The van der Waals surface area contributed by atoms with E-state index in [9.17, 15) is 4.79 Å². The quantitative estimate of drug-likeness (QED) is 0.710. The van der Waals surface area contributed by atoms with E-state index in [1.807, 2.05) is 19.3 Å². The minimum absolute atomic E-state index is 0.0128. The lowest BCUT2D eigenvalue weighted by Gasteiger charge is -2.32. The number of ether oxygens (including phenoxy) is 1. The highest BCUT2D eigenvalue weighted by atomic mass is 16.5. The highest BCUT2D eigenvalue weighted by Gasteiger charge is 2.26. The van der Waals surface area contributed by atoms with Crippen molar-refractivity contribution >= 4 is 11.9 Å². The van der Waals surface area contributed by atoms with E-state index in [0.29, 0.717) is 32.3 Å². The Morgan fingerprint density at radius 1 is 1.21 bits per heavy atom. The van der Waals surface area contributed by atoms with Crippen LogP contribution in [0.3, 0.4) is 0 Å². The molecule has 150 valence electrons. The number of anilines is 1. The number of hydrogen-bond acceptors (Lipinski definition) is 5. The second kappa shape index (κ2) is 10.2. The normalized spacial score (nSPS) is 16.8. The van der Waals surface area contributed by atoms with Crippen molar-refractivity contribution in [3.8, 4) is 11.1 Å². The number of aryl methyl sites for hydroxylation is 1. The molecule has 1 aromatic carbocycles. The van der Waals surface area contributed by atoms with Gasteiger partial charge in [-0.3, -0.25) is 4.79 Å². The third kappa shape index (κ3) is 5.52. The molecule has 1 saturated heterocycles. The maximum absolute atomic E-state index is 12.5. The molecule has 1 aromatic heterocycles. The Morgan fingerprint density at radius 2 is 1.96 bits per heavy atom. The Morgan fingerprint density at radius 3 is 2.68 bits per heavy atom. The van der Waals surface area contributed by atoms with Crippen LogP contribution in [0, 0.1) is 12.8 Å². The minimum Gasteiger partial charge on any atom is -0.382 e. The maximum Gasteiger partial charge on any atom is 0.225 e. The molecule has 3 rings (SSSR count). The summed E-state index contributed by atoms with van der Waals surface area (Å²) in [5.74, 6) is 0.809. The molecule has 1 unspecified atom stereocenters. The molecule has 1 aliphatic heterocycles. The summed E-state index contributed by atoms with van der Waals surface area (Å²) in [4.78, 5) is 23.7. The number of nitrogens with one attached hydrogen (secondary N) is 1. The van der Waals surface area contributed by atoms with Gasteiger partial charge in [0.1, 0.15) is 0 Å². The molecule has 1 N–H and O–H groups in total. The van der Waals surface area contributed by atoms with Crippen molar-refractivity contribution in [3.05, 3.63) is 42.2 Å². The summed E-state index contributed by atoms with van der Waals surface area (Å²) in [6.45, 7) is 7.68. The van der Waals surface area contributed by atoms with Crippen LogP contribution < -0.4 is 10.2 Å². The van der Waals surface area contributed by atoms with Gasteiger partial charge in [-0.05, 0) is 38.7 Å². The molecule has 1 aliphatic rings. The number of benzene rings is 1. The first-order valence-electron chi connectivity index (χ1n) is 10.2. The van der Waals surface area contributed by atoms with E-state index in [0.717, 1.165) is 36.9 Å². The van der Waals surface area contributed by atoms with Crippen LogP contribution in [0.25, 0.3) is 11.1 Å². The lowest BCUT2D eigenvalue weighted by molar-refractivity contribution is -0.125. The smallest absolute Gasteiger partial charge is 0.225 e. The zero-order valence-corrected chi connectivity index (χ0v) is 16.9. The second-order valence-electron chi connectivity index (χ2n) is 7.26. The van der Waals surface area contributed by atoms with Crippen LogP contribution in [0.2, 0.25) is 0 Å². The molecule has 0 saturated carbocycles. The van der Waals surface area contributed by atoms with Gasteiger partial charge in [0.15, 0.2) is 0 Å². The summed E-state index contributed by atoms with van der Waals surface area (Å²) in [6, 6.07) is 8.35. The van der Waals surface area contributed by atoms with E-state index >= 15 is 0 Å². The fraction of sp³-hybridized carbons (Fsp3) is 0.500. The summed E-state index contributed by atoms with van der Waals surface area (Å²) in [5.41, 5.74) is 3.35. The summed E-state index contributed by atoms with van der Waals surface area (Å²) in [6.07, 6.45) is 6.46. The molecule has 0 spiro atoms. The maximum atomic E-state index is 12.5. The molecule has 2 aromatic rings. The van der Waals surface area contributed by atoms with Crippen LogP contribution in [-0.4, -0.2) is 48.7 Å². The lowest BCUT2D eigenvalue weighted by Crippen LogP contribution is -2.44. The van der Waals surface area contributed by atoms with Crippen molar-refractivity contribution in [1.29, 1.82) is 0 Å². The monoisotopic (exact) mass is 382 g/mol. The molecule has 0 aliphatic carbocycles. The number of hydrogen-bond donors (Lipinski definition) is 1. The largest absolute Gasteiger partial charge is 0.382 e. The molecule has 1 fully saturated rings. The van der Waals surface area contributed by atoms with Crippen LogP contribution in [0.5, 0.6) is 0 Å². The minimum atomic E-state index is -0.0128. The van der Waals surface area contributed by atoms with Gasteiger partial charge < -0.3 is 15.0 Å². The van der Waals surface area contributed by atoms with Crippen LogP contribution in [0.4, 0.5) is 5.95 Å². The van der Waals surface area contributed by atoms with Crippen LogP contribution in [0.15, 0.2) is 36.7 Å². The van der Waals surface area contributed by atoms with E-state index in [1.54, 1.807) is 0 Å². The van der Waals surface area contributed by atoms with E-state index in [-0.39, 0.29) is 11.8 Å². The first-order chi connectivity index (χ1) is 13.7. The van der Waals surface area contributed by atoms with Crippen molar-refractivity contribution in [2.24, 2.45) is 5.92 Å². The summed E-state index contributed by atoms with van der Waals surface area (Å²) in [7, 11) is 0. The molecule has 28 heavy (non-hydrogen) atoms. The van der Waals surface area contributed by atoms with Gasteiger partial charge in [-0.15, -0.1) is 0 Å². The zero-order chi connectivity index (χ0) is 19.8. The summed E-state index contributed by atoms with van der Waals surface area (Å²) >= 11 is 0. The number of amides is 1. The van der Waals surface area contributed by atoms with Crippen LogP contribution in [0.1, 0.15) is 31.7 Å². The number of piperidine rings is 1. The average Bonchev–Trinajstić information content (AvgIpc) is 2.74. The highest BCUT2D eigenvalue weighted by molar-refractivity contribution is 5.79. The lowest BCUT2D eigenvalue weighted by atomic mass is 9.97. The van der Waals surface area contributed by atoms with Gasteiger partial charge in [-0.2, -0.15) is 0 Å². The third-order valence-corrected chi connectivity index (χ3v) is 5.07. The van der Waals surface area contributed by atoms with E-state index < -0.39 is 0 Å². The van der Waals surface area contributed by atoms with Crippen molar-refractivity contribution in [3.63, 3.8) is 0 Å². The molecule has 0 radical (unpaired) electrons. The fourth-order valence-corrected chi connectivity index (χ4v) is 3.43. The Kier molecular flexibility index (Phi) is 7.37. The number of aromatic nitrogens is 2. The molecule has 6 heteroatoms. The number of nitrogens with zero attached hydrogens (tertiary/aromatic N) is 3. The average molecular weight is 383 g/mol.